The summed E-state index contributed by atoms with van der Waals surface area (Å²) in [5.41, 5.74) is 2.28. The number of anilines is 1. The van der Waals surface area contributed by atoms with E-state index in [9.17, 15) is 4.39 Å². The quantitative estimate of drug-likeness (QED) is 0.712. The molecule has 0 spiro atoms. The monoisotopic (exact) mass is 340 g/mol. The lowest BCUT2D eigenvalue weighted by atomic mass is 10.1. The Labute approximate surface area is 141 Å². The van der Waals surface area contributed by atoms with Crippen molar-refractivity contribution < 1.29 is 9.13 Å². The molecule has 2 aliphatic rings. The summed E-state index contributed by atoms with van der Waals surface area (Å²) < 4.78 is 20.8. The van der Waals surface area contributed by atoms with Crippen molar-refractivity contribution in [1.82, 2.24) is 24.7 Å². The smallest absolute Gasteiger partial charge is 0.295 e. The van der Waals surface area contributed by atoms with Gasteiger partial charge in [-0.05, 0) is 11.3 Å². The van der Waals surface area contributed by atoms with Crippen molar-refractivity contribution in [3.8, 4) is 5.69 Å². The Balaban J connectivity index is 1.63. The van der Waals surface area contributed by atoms with Gasteiger partial charge in [0.15, 0.2) is 12.0 Å². The van der Waals surface area contributed by atoms with Crippen molar-refractivity contribution in [1.29, 1.82) is 0 Å². The molecule has 0 saturated carbocycles. The first-order valence-electron chi connectivity index (χ1n) is 7.62. The lowest BCUT2D eigenvalue weighted by Crippen LogP contribution is -2.49. The van der Waals surface area contributed by atoms with E-state index in [0.717, 1.165) is 11.3 Å². The molecule has 0 fully saturated rings. The van der Waals surface area contributed by atoms with Crippen LogP contribution in [-0.2, 0) is 11.3 Å². The topological polar surface area (TPSA) is 76.6 Å². The van der Waals surface area contributed by atoms with Crippen molar-refractivity contribution in [2.45, 2.75) is 12.8 Å². The van der Waals surface area contributed by atoms with E-state index in [0.29, 0.717) is 18.1 Å². The third kappa shape index (κ3) is 1.91. The van der Waals surface area contributed by atoms with Gasteiger partial charge < -0.3 is 4.74 Å². The van der Waals surface area contributed by atoms with E-state index in [1.165, 1.54) is 15.6 Å². The Hall–Kier alpha value is -3.27. The molecule has 1 aromatic carbocycles. The minimum Gasteiger partial charge on any atom is -0.378 e. The van der Waals surface area contributed by atoms with E-state index < -0.39 is 6.08 Å². The zero-order chi connectivity index (χ0) is 17.0. The van der Waals surface area contributed by atoms with Gasteiger partial charge in [-0.3, -0.25) is 4.57 Å². The predicted molar refractivity (Wildman–Crippen MR) is 86.2 cm³/mol. The van der Waals surface area contributed by atoms with E-state index in [-0.39, 0.29) is 6.17 Å². The Morgan fingerprint density at radius 3 is 3.04 bits per heavy atom. The first-order valence-corrected chi connectivity index (χ1v) is 7.62. The third-order valence-corrected chi connectivity index (χ3v) is 4.19. The molecule has 10 heteroatoms. The normalized spacial score (nSPS) is 17.6. The number of methoxy groups -OCH3 is 1. The largest absolute Gasteiger partial charge is 0.378 e. The zero-order valence-electron chi connectivity index (χ0n) is 13.2. The van der Waals surface area contributed by atoms with Crippen molar-refractivity contribution in [3.05, 3.63) is 54.0 Å². The van der Waals surface area contributed by atoms with Crippen LogP contribution < -0.4 is 10.1 Å². The molecule has 9 nitrogen and oxygen atoms in total. The van der Waals surface area contributed by atoms with E-state index in [1.807, 2.05) is 29.3 Å². The summed E-state index contributed by atoms with van der Waals surface area (Å²) in [6.45, 7) is 0.351. The highest BCUT2D eigenvalue weighted by Gasteiger charge is 2.40. The van der Waals surface area contributed by atoms with Gasteiger partial charge in [-0.1, -0.05) is 18.2 Å². The SMILES string of the molecule is COCc1cn(N2C=NC3c4ccccc4-n4c(cnc4F)N32)nn1. The molecule has 0 aliphatic carbocycles. The number of fused-ring (bicyclic) bond motifs is 6. The highest BCUT2D eigenvalue weighted by Crippen LogP contribution is 2.41. The fraction of sp³-hybridized carbons (Fsp3) is 0.200. The molecule has 1 unspecified atom stereocenters. The summed E-state index contributed by atoms with van der Waals surface area (Å²) in [4.78, 5) is 9.92. The maximum atomic E-state index is 14.3. The number of nitrogens with zero attached hydrogens (tertiary/aromatic N) is 8. The van der Waals surface area contributed by atoms with Crippen molar-refractivity contribution in [2.24, 2.45) is 4.99 Å². The van der Waals surface area contributed by atoms with Crippen LogP contribution in [0.15, 0.2) is 41.7 Å². The van der Waals surface area contributed by atoms with Crippen molar-refractivity contribution >= 4 is 12.2 Å². The molecule has 0 radical (unpaired) electrons. The third-order valence-electron chi connectivity index (χ3n) is 4.19. The van der Waals surface area contributed by atoms with E-state index in [1.54, 1.807) is 24.8 Å². The highest BCUT2D eigenvalue weighted by molar-refractivity contribution is 5.78. The first kappa shape index (κ1) is 14.1. The second kappa shape index (κ2) is 5.11. The lowest BCUT2D eigenvalue weighted by molar-refractivity contribution is 0.181. The van der Waals surface area contributed by atoms with Gasteiger partial charge in [-0.25, -0.2) is 15.0 Å². The summed E-state index contributed by atoms with van der Waals surface area (Å²) in [5.74, 6) is 0.558. The lowest BCUT2D eigenvalue weighted by Gasteiger charge is -2.36. The van der Waals surface area contributed by atoms with Gasteiger partial charge in [0.25, 0.3) is 6.08 Å². The van der Waals surface area contributed by atoms with Gasteiger partial charge in [-0.2, -0.15) is 9.51 Å². The molecular formula is C15H13FN8O. The van der Waals surface area contributed by atoms with Crippen LogP contribution in [0.2, 0.25) is 0 Å². The molecule has 0 bridgehead atoms. The minimum atomic E-state index is -0.577. The summed E-state index contributed by atoms with van der Waals surface area (Å²) in [6, 6.07) is 7.54. The number of ether oxygens (including phenoxy) is 1. The number of halogens is 1. The number of hydrogen-bond donors (Lipinski definition) is 0. The van der Waals surface area contributed by atoms with Crippen LogP contribution in [0.4, 0.5) is 10.2 Å². The van der Waals surface area contributed by atoms with Crippen LogP contribution in [0.25, 0.3) is 5.69 Å². The van der Waals surface area contributed by atoms with Gasteiger partial charge in [0.2, 0.25) is 0 Å². The van der Waals surface area contributed by atoms with Gasteiger partial charge in [0, 0.05) is 12.7 Å². The van der Waals surface area contributed by atoms with Gasteiger partial charge in [0.05, 0.1) is 24.7 Å². The minimum absolute atomic E-state index is 0.324. The average molecular weight is 340 g/mol. The molecule has 2 aliphatic heterocycles. The predicted octanol–water partition coefficient (Wildman–Crippen LogP) is 1.16. The Morgan fingerprint density at radius 2 is 2.16 bits per heavy atom. The van der Waals surface area contributed by atoms with Crippen LogP contribution in [-0.4, -0.2) is 38.1 Å². The number of aliphatic imine (C=N–C) groups is 1. The molecule has 2 aromatic heterocycles. The molecule has 1 atom stereocenters. The second-order valence-corrected chi connectivity index (χ2v) is 5.65. The van der Waals surface area contributed by atoms with Crippen LogP contribution in [0.3, 0.4) is 0 Å². The summed E-state index contributed by atoms with van der Waals surface area (Å²) in [6.07, 6.45) is 3.94. The van der Waals surface area contributed by atoms with Crippen LogP contribution >= 0.6 is 0 Å². The molecule has 5 rings (SSSR count). The molecule has 0 N–H and O–H groups in total. The Kier molecular flexibility index (Phi) is 2.88. The number of benzene rings is 1. The summed E-state index contributed by atoms with van der Waals surface area (Å²) in [5, 5.41) is 11.6. The van der Waals surface area contributed by atoms with Crippen molar-refractivity contribution in [3.63, 3.8) is 0 Å². The number of hydrogen-bond acceptors (Lipinski definition) is 7. The number of hydrazine groups is 1. The molecule has 126 valence electrons. The summed E-state index contributed by atoms with van der Waals surface area (Å²) >= 11 is 0. The number of imidazole rings is 1. The maximum Gasteiger partial charge on any atom is 0.295 e. The fourth-order valence-corrected chi connectivity index (χ4v) is 3.16. The van der Waals surface area contributed by atoms with E-state index >= 15 is 0 Å². The van der Waals surface area contributed by atoms with Gasteiger partial charge >= 0.3 is 0 Å². The number of aromatic nitrogens is 5. The van der Waals surface area contributed by atoms with E-state index in [2.05, 4.69) is 20.3 Å². The maximum absolute atomic E-state index is 14.3. The molecule has 3 aromatic rings. The standard InChI is InChI=1S/C15H13FN8O/c1-25-8-10-7-21(20-19-10)22-9-18-14-11-4-2-3-5-12(11)23-13(24(14)22)6-17-15(23)16/h2-7,9,14H,8H2,1H3. The molecule has 0 saturated heterocycles. The number of para-hydroxylation sites is 1. The second-order valence-electron chi connectivity index (χ2n) is 5.65. The van der Waals surface area contributed by atoms with Gasteiger partial charge in [-0.15, -0.1) is 9.89 Å². The molecule has 25 heavy (non-hydrogen) atoms. The van der Waals surface area contributed by atoms with Crippen molar-refractivity contribution in [2.75, 3.05) is 17.2 Å². The Morgan fingerprint density at radius 1 is 1.28 bits per heavy atom. The van der Waals surface area contributed by atoms with E-state index in [4.69, 9.17) is 4.74 Å². The van der Waals surface area contributed by atoms with Crippen LogP contribution in [0, 0.1) is 6.08 Å². The zero-order valence-corrected chi connectivity index (χ0v) is 13.2. The number of rotatable bonds is 3. The molecule has 4 heterocycles. The van der Waals surface area contributed by atoms with Crippen LogP contribution in [0.1, 0.15) is 17.4 Å². The highest BCUT2D eigenvalue weighted by atomic mass is 19.1. The van der Waals surface area contributed by atoms with Crippen LogP contribution in [0.5, 0.6) is 0 Å². The Bertz CT molecular complexity index is 980. The fourth-order valence-electron chi connectivity index (χ4n) is 3.16. The average Bonchev–Trinajstić information content (AvgIpc) is 3.33. The first-order chi connectivity index (χ1) is 12.3. The molecule has 0 amide bonds. The van der Waals surface area contributed by atoms with Gasteiger partial charge in [0.1, 0.15) is 12.0 Å². The molecular weight excluding hydrogens is 327 g/mol. The summed E-state index contributed by atoms with van der Waals surface area (Å²) in [7, 11) is 1.59.